The van der Waals surface area contributed by atoms with E-state index in [0.29, 0.717) is 22.8 Å². The monoisotopic (exact) mass is 369 g/mol. The average molecular weight is 371 g/mol. The van der Waals surface area contributed by atoms with Crippen molar-refractivity contribution in [1.29, 1.82) is 0 Å². The molecule has 2 aromatic carbocycles. The van der Waals surface area contributed by atoms with E-state index in [1.807, 2.05) is 6.07 Å². The van der Waals surface area contributed by atoms with Gasteiger partial charge >= 0.3 is 0 Å². The van der Waals surface area contributed by atoms with Crippen molar-refractivity contribution in [3.8, 4) is 5.75 Å². The zero-order valence-electron chi connectivity index (χ0n) is 11.3. The first-order valence-corrected chi connectivity index (χ1v) is 7.52. The van der Waals surface area contributed by atoms with Crippen LogP contribution in [0.4, 0.5) is 5.69 Å². The minimum absolute atomic E-state index is 0.106. The van der Waals surface area contributed by atoms with Crippen LogP contribution in [0.25, 0.3) is 0 Å². The number of benzene rings is 2. The maximum absolute atomic E-state index is 11.1. The van der Waals surface area contributed by atoms with E-state index in [1.54, 1.807) is 37.4 Å². The molecule has 0 aliphatic carbocycles. The SMILES string of the molecule is COc1cc(Cl)ccc1C(Br)Cc1ccccc1[N+](=O)[O-]. The fourth-order valence-corrected chi connectivity index (χ4v) is 3.00. The fraction of sp³-hybridized carbons (Fsp3) is 0.200. The van der Waals surface area contributed by atoms with E-state index in [2.05, 4.69) is 15.9 Å². The third-order valence-electron chi connectivity index (χ3n) is 3.12. The van der Waals surface area contributed by atoms with Gasteiger partial charge in [-0.05, 0) is 18.6 Å². The Kier molecular flexibility index (Phi) is 5.20. The minimum Gasteiger partial charge on any atom is -0.496 e. The van der Waals surface area contributed by atoms with E-state index in [9.17, 15) is 10.1 Å². The number of halogens is 2. The first-order chi connectivity index (χ1) is 10.0. The molecular formula is C15H13BrClNO3. The summed E-state index contributed by atoms with van der Waals surface area (Å²) in [6, 6.07) is 12.1. The second kappa shape index (κ2) is 6.91. The Labute approximate surface area is 136 Å². The Morgan fingerprint density at radius 2 is 2.05 bits per heavy atom. The number of nitro groups is 1. The van der Waals surface area contributed by atoms with Gasteiger partial charge in [0.2, 0.25) is 0 Å². The van der Waals surface area contributed by atoms with E-state index in [1.165, 1.54) is 6.07 Å². The van der Waals surface area contributed by atoms with Crippen molar-refractivity contribution in [2.24, 2.45) is 0 Å². The van der Waals surface area contributed by atoms with E-state index in [0.717, 1.165) is 5.56 Å². The lowest BCUT2D eigenvalue weighted by Gasteiger charge is -2.14. The highest BCUT2D eigenvalue weighted by atomic mass is 79.9. The molecule has 0 bridgehead atoms. The quantitative estimate of drug-likeness (QED) is 0.426. The first kappa shape index (κ1) is 15.8. The molecule has 0 aliphatic rings. The molecule has 1 unspecified atom stereocenters. The molecule has 0 amide bonds. The number of hydrogen-bond acceptors (Lipinski definition) is 3. The second-order valence-corrected chi connectivity index (χ2v) is 5.99. The molecule has 110 valence electrons. The van der Waals surface area contributed by atoms with Crippen LogP contribution in [0.5, 0.6) is 5.75 Å². The summed E-state index contributed by atoms with van der Waals surface area (Å²) in [6.07, 6.45) is 0.481. The molecule has 6 heteroatoms. The van der Waals surface area contributed by atoms with Gasteiger partial charge in [0, 0.05) is 27.0 Å². The summed E-state index contributed by atoms with van der Waals surface area (Å²) in [6.45, 7) is 0. The van der Waals surface area contributed by atoms with Crippen molar-refractivity contribution in [3.05, 3.63) is 68.7 Å². The molecule has 0 spiro atoms. The van der Waals surface area contributed by atoms with Gasteiger partial charge in [0.1, 0.15) is 5.75 Å². The lowest BCUT2D eigenvalue weighted by atomic mass is 10.0. The van der Waals surface area contributed by atoms with Gasteiger partial charge in [-0.2, -0.15) is 0 Å². The topological polar surface area (TPSA) is 52.4 Å². The number of methoxy groups -OCH3 is 1. The fourth-order valence-electron chi connectivity index (χ4n) is 2.11. The van der Waals surface area contributed by atoms with E-state index in [4.69, 9.17) is 16.3 Å². The highest BCUT2D eigenvalue weighted by Gasteiger charge is 2.19. The number of rotatable bonds is 5. The van der Waals surface area contributed by atoms with Gasteiger partial charge in [-0.3, -0.25) is 10.1 Å². The van der Waals surface area contributed by atoms with Crippen molar-refractivity contribution < 1.29 is 9.66 Å². The molecule has 0 radical (unpaired) electrons. The highest BCUT2D eigenvalue weighted by Crippen LogP contribution is 2.36. The molecule has 0 heterocycles. The number of para-hydroxylation sites is 1. The first-order valence-electron chi connectivity index (χ1n) is 6.22. The predicted octanol–water partition coefficient (Wildman–Crippen LogP) is 4.94. The van der Waals surface area contributed by atoms with Gasteiger partial charge in [0.15, 0.2) is 0 Å². The van der Waals surface area contributed by atoms with Crippen LogP contribution in [0.1, 0.15) is 16.0 Å². The minimum atomic E-state index is -0.367. The Morgan fingerprint density at radius 1 is 1.33 bits per heavy atom. The maximum Gasteiger partial charge on any atom is 0.272 e. The molecule has 1 atom stereocenters. The Hall–Kier alpha value is -1.59. The van der Waals surface area contributed by atoms with Crippen LogP contribution in [0.2, 0.25) is 5.02 Å². The number of alkyl halides is 1. The summed E-state index contributed by atoms with van der Waals surface area (Å²) < 4.78 is 5.31. The average Bonchev–Trinajstić information content (AvgIpc) is 2.47. The summed E-state index contributed by atoms with van der Waals surface area (Å²) in [4.78, 5) is 10.6. The van der Waals surface area contributed by atoms with Crippen molar-refractivity contribution in [2.45, 2.75) is 11.2 Å². The third-order valence-corrected chi connectivity index (χ3v) is 4.17. The van der Waals surface area contributed by atoms with Crippen LogP contribution < -0.4 is 4.74 Å². The van der Waals surface area contributed by atoms with Crippen LogP contribution in [-0.4, -0.2) is 12.0 Å². The van der Waals surface area contributed by atoms with Crippen LogP contribution in [0, 0.1) is 10.1 Å². The smallest absolute Gasteiger partial charge is 0.272 e. The summed E-state index contributed by atoms with van der Waals surface area (Å²) >= 11 is 9.52. The van der Waals surface area contributed by atoms with Crippen molar-refractivity contribution in [1.82, 2.24) is 0 Å². The van der Waals surface area contributed by atoms with Crippen LogP contribution in [0.3, 0.4) is 0 Å². The number of nitrogens with zero attached hydrogens (tertiary/aromatic N) is 1. The highest BCUT2D eigenvalue weighted by molar-refractivity contribution is 9.09. The van der Waals surface area contributed by atoms with Crippen LogP contribution in [-0.2, 0) is 6.42 Å². The largest absolute Gasteiger partial charge is 0.496 e. The second-order valence-electron chi connectivity index (χ2n) is 4.44. The summed E-state index contributed by atoms with van der Waals surface area (Å²) in [7, 11) is 1.57. The molecule has 0 saturated heterocycles. The van der Waals surface area contributed by atoms with E-state index >= 15 is 0 Å². The third kappa shape index (κ3) is 3.74. The van der Waals surface area contributed by atoms with Crippen LogP contribution in [0.15, 0.2) is 42.5 Å². The number of nitro benzene ring substituents is 1. The molecule has 0 aromatic heterocycles. The van der Waals surface area contributed by atoms with Crippen molar-refractivity contribution in [3.63, 3.8) is 0 Å². The molecule has 0 N–H and O–H groups in total. The molecule has 4 nitrogen and oxygen atoms in total. The normalized spacial score (nSPS) is 12.0. The van der Waals surface area contributed by atoms with Gasteiger partial charge in [-0.1, -0.05) is 51.8 Å². The zero-order chi connectivity index (χ0) is 15.4. The number of hydrogen-bond donors (Lipinski definition) is 0. The van der Waals surface area contributed by atoms with Gasteiger partial charge in [-0.15, -0.1) is 0 Å². The van der Waals surface area contributed by atoms with Crippen LogP contribution >= 0.6 is 27.5 Å². The molecule has 2 aromatic rings. The summed E-state index contributed by atoms with van der Waals surface area (Å²) in [5.41, 5.74) is 1.69. The van der Waals surface area contributed by atoms with Gasteiger partial charge < -0.3 is 4.74 Å². The summed E-state index contributed by atoms with van der Waals surface area (Å²) in [5.74, 6) is 0.656. The molecular weight excluding hydrogens is 358 g/mol. The Balaban J connectivity index is 2.30. The molecule has 0 aliphatic heterocycles. The Morgan fingerprint density at radius 3 is 2.71 bits per heavy atom. The molecule has 2 rings (SSSR count). The van der Waals surface area contributed by atoms with E-state index in [-0.39, 0.29) is 15.4 Å². The van der Waals surface area contributed by atoms with Gasteiger partial charge in [-0.25, -0.2) is 0 Å². The van der Waals surface area contributed by atoms with Gasteiger partial charge in [0.25, 0.3) is 5.69 Å². The standard InChI is InChI=1S/C15H13BrClNO3/c1-21-15-9-11(17)6-7-12(15)13(16)8-10-4-2-3-5-14(10)18(19)20/h2-7,9,13H,8H2,1H3. The lowest BCUT2D eigenvalue weighted by molar-refractivity contribution is -0.385. The molecule has 0 fully saturated rings. The van der Waals surface area contributed by atoms with Gasteiger partial charge in [0.05, 0.1) is 12.0 Å². The van der Waals surface area contributed by atoms with Crippen molar-refractivity contribution in [2.75, 3.05) is 7.11 Å². The molecule has 0 saturated carbocycles. The molecule has 21 heavy (non-hydrogen) atoms. The van der Waals surface area contributed by atoms with Crippen molar-refractivity contribution >= 4 is 33.2 Å². The maximum atomic E-state index is 11.1. The number of ether oxygens (including phenoxy) is 1. The lowest BCUT2D eigenvalue weighted by Crippen LogP contribution is -2.01. The predicted molar refractivity (Wildman–Crippen MR) is 86.5 cm³/mol. The Bertz CT molecular complexity index is 663. The van der Waals surface area contributed by atoms with E-state index < -0.39 is 0 Å². The zero-order valence-corrected chi connectivity index (χ0v) is 13.6. The summed E-state index contributed by atoms with van der Waals surface area (Å²) in [5, 5.41) is 11.6.